The van der Waals surface area contributed by atoms with Crippen molar-refractivity contribution < 1.29 is 14.2 Å². The van der Waals surface area contributed by atoms with Gasteiger partial charge in [-0.25, -0.2) is 4.68 Å². The van der Waals surface area contributed by atoms with Crippen LogP contribution in [0, 0.1) is 0 Å². The molecule has 4 aliphatic rings. The van der Waals surface area contributed by atoms with Crippen LogP contribution in [0.15, 0.2) is 30.6 Å². The Labute approximate surface area is 180 Å². The average molecular weight is 422 g/mol. The summed E-state index contributed by atoms with van der Waals surface area (Å²) in [4.78, 5) is 4.57. The minimum absolute atomic E-state index is 0.0218. The molecule has 2 N–H and O–H groups in total. The molecule has 1 aliphatic carbocycles. The second kappa shape index (κ2) is 6.72. The number of ether oxygens (including phenoxy) is 3. The summed E-state index contributed by atoms with van der Waals surface area (Å²) in [6.07, 6.45) is 6.40. The molecular weight excluding hydrogens is 394 g/mol. The molecule has 8 nitrogen and oxygen atoms in total. The first-order chi connectivity index (χ1) is 15.0. The van der Waals surface area contributed by atoms with Crippen molar-refractivity contribution in [1.29, 1.82) is 0 Å². The lowest BCUT2D eigenvalue weighted by atomic mass is 9.67. The molecule has 2 atom stereocenters. The van der Waals surface area contributed by atoms with Gasteiger partial charge in [0.2, 0.25) is 0 Å². The Morgan fingerprint density at radius 2 is 2.23 bits per heavy atom. The van der Waals surface area contributed by atoms with E-state index in [1.54, 1.807) is 0 Å². The Morgan fingerprint density at radius 1 is 1.35 bits per heavy atom. The van der Waals surface area contributed by atoms with Gasteiger partial charge >= 0.3 is 0 Å². The van der Waals surface area contributed by atoms with E-state index in [9.17, 15) is 0 Å². The molecule has 5 heterocycles. The van der Waals surface area contributed by atoms with Crippen LogP contribution in [0.5, 0.6) is 5.75 Å². The van der Waals surface area contributed by atoms with Gasteiger partial charge in [-0.3, -0.25) is 4.98 Å². The number of nitrogens with two attached hydrogens (primary N) is 1. The zero-order valence-electron chi connectivity index (χ0n) is 17.9. The van der Waals surface area contributed by atoms with Gasteiger partial charge in [0.15, 0.2) is 0 Å². The highest BCUT2D eigenvalue weighted by molar-refractivity contribution is 5.84. The van der Waals surface area contributed by atoms with Gasteiger partial charge in [-0.2, -0.15) is 0 Å². The molecule has 2 bridgehead atoms. The summed E-state index contributed by atoms with van der Waals surface area (Å²) in [6.45, 7) is 5.99. The molecule has 162 valence electrons. The summed E-state index contributed by atoms with van der Waals surface area (Å²) in [5.41, 5.74) is 9.96. The van der Waals surface area contributed by atoms with Crippen LogP contribution in [-0.4, -0.2) is 44.8 Å². The first kappa shape index (κ1) is 19.2. The van der Waals surface area contributed by atoms with Crippen LogP contribution in [0.3, 0.4) is 0 Å². The fourth-order valence-electron chi connectivity index (χ4n) is 5.65. The van der Waals surface area contributed by atoms with Gasteiger partial charge in [0.25, 0.3) is 0 Å². The number of hydrogen-bond acceptors (Lipinski definition) is 7. The molecule has 2 saturated heterocycles. The predicted molar refractivity (Wildman–Crippen MR) is 114 cm³/mol. The lowest BCUT2D eigenvalue weighted by Gasteiger charge is -2.43. The predicted octanol–water partition coefficient (Wildman–Crippen LogP) is 2.64. The Bertz CT molecular complexity index is 1150. The monoisotopic (exact) mass is 421 g/mol. The van der Waals surface area contributed by atoms with Gasteiger partial charge < -0.3 is 19.9 Å². The van der Waals surface area contributed by atoms with E-state index in [1.807, 2.05) is 36.1 Å². The highest BCUT2D eigenvalue weighted by atomic mass is 16.5. The minimum atomic E-state index is -0.233. The maximum Gasteiger partial charge on any atom is 0.141 e. The van der Waals surface area contributed by atoms with E-state index in [0.29, 0.717) is 13.2 Å². The van der Waals surface area contributed by atoms with Crippen molar-refractivity contribution in [3.8, 4) is 5.75 Å². The van der Waals surface area contributed by atoms with E-state index in [1.165, 1.54) is 5.56 Å². The molecule has 3 fully saturated rings. The number of rotatable bonds is 5. The molecule has 0 spiro atoms. The van der Waals surface area contributed by atoms with Gasteiger partial charge in [0, 0.05) is 31.0 Å². The summed E-state index contributed by atoms with van der Waals surface area (Å²) < 4.78 is 19.9. The molecular formula is C23H27N5O3. The van der Waals surface area contributed by atoms with Gasteiger partial charge in [-0.15, -0.1) is 5.10 Å². The molecule has 2 aromatic heterocycles. The van der Waals surface area contributed by atoms with Gasteiger partial charge in [-0.1, -0.05) is 5.21 Å². The van der Waals surface area contributed by atoms with E-state index >= 15 is 0 Å². The molecule has 0 radical (unpaired) electrons. The summed E-state index contributed by atoms with van der Waals surface area (Å²) in [7, 11) is 0. The number of pyridine rings is 1. The number of hydrogen-bond donors (Lipinski definition) is 1. The van der Waals surface area contributed by atoms with Crippen molar-refractivity contribution in [2.75, 3.05) is 13.2 Å². The highest BCUT2D eigenvalue weighted by Crippen LogP contribution is 2.59. The van der Waals surface area contributed by atoms with Crippen molar-refractivity contribution in [1.82, 2.24) is 20.0 Å². The highest BCUT2D eigenvalue weighted by Gasteiger charge is 2.67. The largest absolute Gasteiger partial charge is 0.484 e. The lowest BCUT2D eigenvalue weighted by Crippen LogP contribution is -2.52. The number of nitrogens with zero attached hydrogens (tertiary/aromatic N) is 4. The van der Waals surface area contributed by atoms with E-state index in [2.05, 4.69) is 28.3 Å². The van der Waals surface area contributed by atoms with Gasteiger partial charge in [-0.05, 0) is 49.6 Å². The molecule has 1 unspecified atom stereocenters. The van der Waals surface area contributed by atoms with E-state index in [4.69, 9.17) is 19.9 Å². The SMILES string of the molecule is C[C@@H](Oc1ccc2ncc3c(c2c1)CCOC3)c1cn(C23CC(C)(C2)OC3CN)nn1. The molecule has 31 heavy (non-hydrogen) atoms. The van der Waals surface area contributed by atoms with Crippen molar-refractivity contribution >= 4 is 10.9 Å². The van der Waals surface area contributed by atoms with Crippen LogP contribution in [0.1, 0.15) is 49.6 Å². The van der Waals surface area contributed by atoms with Crippen LogP contribution >= 0.6 is 0 Å². The zero-order chi connectivity index (χ0) is 21.2. The third-order valence-electron chi connectivity index (χ3n) is 7.09. The normalized spacial score (nSPS) is 30.1. The van der Waals surface area contributed by atoms with E-state index in [0.717, 1.165) is 53.8 Å². The van der Waals surface area contributed by atoms with Crippen molar-refractivity contribution in [3.05, 3.63) is 47.4 Å². The van der Waals surface area contributed by atoms with Gasteiger partial charge in [0.05, 0.1) is 42.2 Å². The van der Waals surface area contributed by atoms with Crippen LogP contribution in [-0.2, 0) is 28.0 Å². The van der Waals surface area contributed by atoms with E-state index in [-0.39, 0.29) is 23.3 Å². The van der Waals surface area contributed by atoms with Crippen molar-refractivity contribution in [2.45, 2.75) is 63.1 Å². The molecule has 3 aliphatic heterocycles. The fourth-order valence-corrected chi connectivity index (χ4v) is 5.65. The van der Waals surface area contributed by atoms with Crippen molar-refractivity contribution in [3.63, 3.8) is 0 Å². The summed E-state index contributed by atoms with van der Waals surface area (Å²) in [5, 5.41) is 9.98. The third-order valence-corrected chi connectivity index (χ3v) is 7.09. The minimum Gasteiger partial charge on any atom is -0.484 e. The molecule has 1 saturated carbocycles. The number of benzene rings is 1. The van der Waals surface area contributed by atoms with Crippen LogP contribution in [0.25, 0.3) is 10.9 Å². The maximum absolute atomic E-state index is 6.26. The van der Waals surface area contributed by atoms with E-state index < -0.39 is 0 Å². The Balaban J connectivity index is 1.25. The Hall–Kier alpha value is -2.55. The second-order valence-corrected chi connectivity index (χ2v) is 9.34. The molecule has 8 heteroatoms. The Kier molecular flexibility index (Phi) is 4.15. The smallest absolute Gasteiger partial charge is 0.141 e. The quantitative estimate of drug-likeness (QED) is 0.676. The lowest BCUT2D eigenvalue weighted by molar-refractivity contribution is -0.0102. The average Bonchev–Trinajstić information content (AvgIpc) is 3.44. The molecule has 3 aromatic rings. The molecule has 7 rings (SSSR count). The van der Waals surface area contributed by atoms with Gasteiger partial charge in [0.1, 0.15) is 17.5 Å². The molecule has 0 amide bonds. The standard InChI is InChI=1S/C23H27N5O3/c1-14(20-10-28(27-26-20)23-12-22(2,13-23)31-21(23)8-24)30-16-3-4-19-18(7-16)17-5-6-29-11-15(17)9-25-19/h3-4,7,9-10,14,21H,5-6,8,11-13,24H2,1-2H3/t14-,21?,22?,23?/m1/s1. The second-order valence-electron chi connectivity index (χ2n) is 9.34. The molecule has 1 aromatic carbocycles. The summed E-state index contributed by atoms with van der Waals surface area (Å²) in [6, 6.07) is 6.06. The summed E-state index contributed by atoms with van der Waals surface area (Å²) >= 11 is 0. The topological polar surface area (TPSA) is 97.3 Å². The fraction of sp³-hybridized carbons (Fsp3) is 0.522. The van der Waals surface area contributed by atoms with Crippen LogP contribution < -0.4 is 10.5 Å². The number of fused-ring (bicyclic) bond motifs is 4. The zero-order valence-corrected chi connectivity index (χ0v) is 17.9. The Morgan fingerprint density at radius 3 is 3.06 bits per heavy atom. The first-order valence-electron chi connectivity index (χ1n) is 11.0. The first-order valence-corrected chi connectivity index (χ1v) is 11.0. The van der Waals surface area contributed by atoms with Crippen LogP contribution in [0.2, 0.25) is 0 Å². The summed E-state index contributed by atoms with van der Waals surface area (Å²) in [5.74, 6) is 0.801. The number of aromatic nitrogens is 4. The maximum atomic E-state index is 6.26. The van der Waals surface area contributed by atoms with Crippen molar-refractivity contribution in [2.24, 2.45) is 5.73 Å². The van der Waals surface area contributed by atoms with Crippen LogP contribution in [0.4, 0.5) is 0 Å². The third kappa shape index (κ3) is 2.89.